The maximum atomic E-state index is 4.46. The van der Waals surface area contributed by atoms with Gasteiger partial charge in [0.1, 0.15) is 12.1 Å². The molecule has 18 heavy (non-hydrogen) atoms. The molecule has 4 nitrogen and oxygen atoms in total. The molecule has 1 aromatic rings. The molecular formula is C14H20N4. The van der Waals surface area contributed by atoms with E-state index in [1.807, 2.05) is 0 Å². The van der Waals surface area contributed by atoms with Gasteiger partial charge in [-0.2, -0.15) is 0 Å². The van der Waals surface area contributed by atoms with Gasteiger partial charge in [0.05, 0.1) is 0 Å². The molecule has 1 aliphatic heterocycles. The van der Waals surface area contributed by atoms with Crippen LogP contribution in [0.25, 0.3) is 0 Å². The minimum Gasteiger partial charge on any atom is -0.366 e. The number of hydrogen-bond donors (Lipinski definition) is 1. The van der Waals surface area contributed by atoms with Crippen LogP contribution in [0.4, 0.5) is 5.82 Å². The summed E-state index contributed by atoms with van der Waals surface area (Å²) in [6.45, 7) is 2.46. The van der Waals surface area contributed by atoms with Crippen molar-refractivity contribution in [2.24, 2.45) is 0 Å². The van der Waals surface area contributed by atoms with Crippen molar-refractivity contribution in [3.05, 3.63) is 17.6 Å². The van der Waals surface area contributed by atoms with Gasteiger partial charge >= 0.3 is 0 Å². The fourth-order valence-electron chi connectivity index (χ4n) is 3.35. The fraction of sp³-hybridized carbons (Fsp3) is 0.714. The molecule has 1 N–H and O–H groups in total. The molecule has 0 amide bonds. The molecule has 0 radical (unpaired) electrons. The third-order valence-electron chi connectivity index (χ3n) is 4.50. The molecule has 0 aromatic carbocycles. The van der Waals surface area contributed by atoms with Crippen LogP contribution in [0.5, 0.6) is 0 Å². The van der Waals surface area contributed by atoms with Crippen molar-refractivity contribution < 1.29 is 0 Å². The molecule has 2 heterocycles. The predicted octanol–water partition coefficient (Wildman–Crippen LogP) is 1.61. The van der Waals surface area contributed by atoms with Crippen molar-refractivity contribution in [1.82, 2.24) is 14.9 Å². The third kappa shape index (κ3) is 1.88. The lowest BCUT2D eigenvalue weighted by Gasteiger charge is -2.17. The number of nitrogens with one attached hydrogen (secondary N) is 1. The first-order valence-corrected chi connectivity index (χ1v) is 7.23. The van der Waals surface area contributed by atoms with Crippen molar-refractivity contribution >= 4 is 5.82 Å². The molecule has 4 rings (SSSR count). The maximum absolute atomic E-state index is 4.46. The van der Waals surface area contributed by atoms with Crippen molar-refractivity contribution in [2.75, 3.05) is 18.4 Å². The zero-order chi connectivity index (χ0) is 11.9. The van der Waals surface area contributed by atoms with Crippen LogP contribution in [0.15, 0.2) is 6.33 Å². The van der Waals surface area contributed by atoms with Crippen molar-refractivity contribution in [2.45, 2.75) is 50.6 Å². The summed E-state index contributed by atoms with van der Waals surface area (Å²) in [4.78, 5) is 11.5. The Morgan fingerprint density at radius 1 is 1.17 bits per heavy atom. The summed E-state index contributed by atoms with van der Waals surface area (Å²) >= 11 is 0. The van der Waals surface area contributed by atoms with Gasteiger partial charge in [0, 0.05) is 36.4 Å². The van der Waals surface area contributed by atoms with Crippen LogP contribution in [-0.2, 0) is 12.8 Å². The molecule has 3 aliphatic rings. The Bertz CT molecular complexity index is 455. The van der Waals surface area contributed by atoms with Crippen LogP contribution in [0, 0.1) is 0 Å². The van der Waals surface area contributed by atoms with Gasteiger partial charge in [-0.3, -0.25) is 4.90 Å². The highest BCUT2D eigenvalue weighted by molar-refractivity contribution is 5.48. The van der Waals surface area contributed by atoms with Crippen LogP contribution in [0.1, 0.15) is 36.9 Å². The second-order valence-electron chi connectivity index (χ2n) is 5.86. The average Bonchev–Trinajstić information content (AvgIpc) is 2.94. The number of hydrogen-bond acceptors (Lipinski definition) is 4. The zero-order valence-corrected chi connectivity index (χ0v) is 10.7. The fourth-order valence-corrected chi connectivity index (χ4v) is 3.35. The van der Waals surface area contributed by atoms with Crippen LogP contribution >= 0.6 is 0 Å². The Hall–Kier alpha value is -1.16. The molecule has 1 atom stereocenters. The maximum Gasteiger partial charge on any atom is 0.133 e. The van der Waals surface area contributed by atoms with Crippen molar-refractivity contribution in [3.63, 3.8) is 0 Å². The summed E-state index contributed by atoms with van der Waals surface area (Å²) in [6.07, 6.45) is 9.32. The molecule has 0 spiro atoms. The summed E-state index contributed by atoms with van der Waals surface area (Å²) in [5.74, 6) is 1.11. The summed E-state index contributed by atoms with van der Waals surface area (Å²) in [7, 11) is 0. The number of likely N-dealkylation sites (tertiary alicyclic amines) is 1. The lowest BCUT2D eigenvalue weighted by Crippen LogP contribution is -2.28. The monoisotopic (exact) mass is 244 g/mol. The Balaban J connectivity index is 1.47. The van der Waals surface area contributed by atoms with Gasteiger partial charge in [0.2, 0.25) is 0 Å². The lowest BCUT2D eigenvalue weighted by molar-refractivity contribution is 0.326. The van der Waals surface area contributed by atoms with E-state index in [0.717, 1.165) is 24.7 Å². The molecule has 96 valence electrons. The number of rotatable bonds is 3. The first-order chi connectivity index (χ1) is 8.90. The van der Waals surface area contributed by atoms with E-state index in [2.05, 4.69) is 20.2 Å². The van der Waals surface area contributed by atoms with Gasteiger partial charge in [-0.1, -0.05) is 0 Å². The summed E-state index contributed by atoms with van der Waals surface area (Å²) in [5, 5.41) is 3.66. The number of aromatic nitrogens is 2. The van der Waals surface area contributed by atoms with Crippen LogP contribution in [0.2, 0.25) is 0 Å². The van der Waals surface area contributed by atoms with Gasteiger partial charge < -0.3 is 5.32 Å². The highest BCUT2D eigenvalue weighted by Crippen LogP contribution is 2.31. The lowest BCUT2D eigenvalue weighted by atomic mass is 10.2. The Labute approximate surface area is 108 Å². The summed E-state index contributed by atoms with van der Waals surface area (Å²) < 4.78 is 0. The zero-order valence-electron chi connectivity index (χ0n) is 10.7. The topological polar surface area (TPSA) is 41.1 Å². The minimum atomic E-state index is 0.588. The van der Waals surface area contributed by atoms with Crippen molar-refractivity contribution in [3.8, 4) is 0 Å². The molecule has 0 bridgehead atoms. The van der Waals surface area contributed by atoms with Gasteiger partial charge in [-0.25, -0.2) is 9.97 Å². The van der Waals surface area contributed by atoms with Crippen molar-refractivity contribution in [1.29, 1.82) is 0 Å². The quantitative estimate of drug-likeness (QED) is 0.877. The number of fused-ring (bicyclic) bond motifs is 1. The smallest absolute Gasteiger partial charge is 0.133 e. The molecule has 1 aromatic heterocycles. The minimum absolute atomic E-state index is 0.588. The molecule has 1 saturated heterocycles. The number of anilines is 1. The number of aryl methyl sites for hydroxylation is 1. The Kier molecular flexibility index (Phi) is 2.50. The summed E-state index contributed by atoms with van der Waals surface area (Å²) in [6, 6.07) is 1.48. The summed E-state index contributed by atoms with van der Waals surface area (Å²) in [5.41, 5.74) is 2.65. The molecule has 1 unspecified atom stereocenters. The largest absolute Gasteiger partial charge is 0.366 e. The van der Waals surface area contributed by atoms with Gasteiger partial charge in [-0.15, -0.1) is 0 Å². The second-order valence-corrected chi connectivity index (χ2v) is 5.86. The third-order valence-corrected chi connectivity index (χ3v) is 4.50. The van der Waals surface area contributed by atoms with E-state index >= 15 is 0 Å². The van der Waals surface area contributed by atoms with Crippen LogP contribution in [0.3, 0.4) is 0 Å². The van der Waals surface area contributed by atoms with E-state index in [1.165, 1.54) is 50.0 Å². The molecular weight excluding hydrogens is 224 g/mol. The Morgan fingerprint density at radius 3 is 3.00 bits per heavy atom. The van der Waals surface area contributed by atoms with E-state index in [1.54, 1.807) is 6.33 Å². The van der Waals surface area contributed by atoms with Gasteiger partial charge in [0.15, 0.2) is 0 Å². The normalized spacial score (nSPS) is 27.4. The standard InChI is InChI=1S/C14H20N4/c1-2-12-13(3-1)15-9-16-14(12)17-10-6-7-18(8-10)11-4-5-11/h9-11H,1-8H2,(H,15,16,17). The molecule has 2 aliphatic carbocycles. The van der Waals surface area contributed by atoms with E-state index in [9.17, 15) is 0 Å². The number of nitrogens with zero attached hydrogens (tertiary/aromatic N) is 3. The van der Waals surface area contributed by atoms with Gasteiger partial charge in [-0.05, 0) is 38.5 Å². The molecule has 4 heteroatoms. The SMILES string of the molecule is c1nc2c(c(NC3CCN(C4CC4)C3)n1)CCC2. The molecule has 1 saturated carbocycles. The highest BCUT2D eigenvalue weighted by atomic mass is 15.2. The molecule has 2 fully saturated rings. The average molecular weight is 244 g/mol. The van der Waals surface area contributed by atoms with E-state index in [-0.39, 0.29) is 0 Å². The van der Waals surface area contributed by atoms with Crippen LogP contribution in [-0.4, -0.2) is 40.0 Å². The first-order valence-electron chi connectivity index (χ1n) is 7.23. The highest BCUT2D eigenvalue weighted by Gasteiger charge is 2.34. The predicted molar refractivity (Wildman–Crippen MR) is 70.7 cm³/mol. The Morgan fingerprint density at radius 2 is 2.11 bits per heavy atom. The van der Waals surface area contributed by atoms with E-state index < -0.39 is 0 Å². The van der Waals surface area contributed by atoms with Crippen LogP contribution < -0.4 is 5.32 Å². The van der Waals surface area contributed by atoms with E-state index in [0.29, 0.717) is 6.04 Å². The second kappa shape index (κ2) is 4.19. The first kappa shape index (κ1) is 10.7. The van der Waals surface area contributed by atoms with Gasteiger partial charge in [0.25, 0.3) is 0 Å². The van der Waals surface area contributed by atoms with E-state index in [4.69, 9.17) is 0 Å².